The third-order valence-electron chi connectivity index (χ3n) is 2.83. The van der Waals surface area contributed by atoms with Crippen LogP contribution < -0.4 is 10.3 Å². The second-order valence-corrected chi connectivity index (χ2v) is 7.64. The van der Waals surface area contributed by atoms with Crippen LogP contribution in [0.1, 0.15) is 5.56 Å². The van der Waals surface area contributed by atoms with Gasteiger partial charge in [0.25, 0.3) is 5.56 Å². The standard InChI is InChI=1S/C14H13FN4O3S2/c1-24(21,22)17-6-7-23-14-18-12(11(8-16)13(20)19-14)9-2-4-10(15)5-3-9/h2-5,17H,6-7H2,1H3,(H,18,19,20). The number of aromatic amines is 1. The summed E-state index contributed by atoms with van der Waals surface area (Å²) in [6, 6.07) is 7.07. The van der Waals surface area contributed by atoms with Gasteiger partial charge < -0.3 is 4.98 Å². The van der Waals surface area contributed by atoms with E-state index in [1.165, 1.54) is 24.3 Å². The Hall–Kier alpha value is -2.22. The summed E-state index contributed by atoms with van der Waals surface area (Å²) >= 11 is 1.13. The number of nitriles is 1. The van der Waals surface area contributed by atoms with Gasteiger partial charge in [-0.2, -0.15) is 5.26 Å². The minimum atomic E-state index is -3.29. The summed E-state index contributed by atoms with van der Waals surface area (Å²) in [7, 11) is -3.29. The van der Waals surface area contributed by atoms with Crippen molar-refractivity contribution in [2.75, 3.05) is 18.6 Å². The van der Waals surface area contributed by atoms with Gasteiger partial charge in [-0.3, -0.25) is 4.79 Å². The summed E-state index contributed by atoms with van der Waals surface area (Å²) < 4.78 is 37.3. The molecule has 126 valence electrons. The first-order chi connectivity index (χ1) is 11.3. The van der Waals surface area contributed by atoms with Crippen LogP contribution in [-0.2, 0) is 10.0 Å². The molecule has 2 rings (SSSR count). The number of halogens is 1. The lowest BCUT2D eigenvalue weighted by Gasteiger charge is -2.07. The maximum absolute atomic E-state index is 13.0. The highest BCUT2D eigenvalue weighted by Gasteiger charge is 2.13. The van der Waals surface area contributed by atoms with Gasteiger partial charge in [0.15, 0.2) is 5.16 Å². The van der Waals surface area contributed by atoms with Gasteiger partial charge in [0.2, 0.25) is 10.0 Å². The molecule has 0 radical (unpaired) electrons. The number of hydrogen-bond acceptors (Lipinski definition) is 6. The zero-order chi connectivity index (χ0) is 17.7. The quantitative estimate of drug-likeness (QED) is 0.448. The molecule has 1 aromatic heterocycles. The Balaban J connectivity index is 2.27. The summed E-state index contributed by atoms with van der Waals surface area (Å²) in [5.41, 5.74) is -0.180. The van der Waals surface area contributed by atoms with E-state index < -0.39 is 21.4 Å². The molecule has 0 aliphatic rings. The SMILES string of the molecule is CS(=O)(=O)NCCSc1nc(-c2ccc(F)cc2)c(C#N)c(=O)[nH]1. The third kappa shape index (κ3) is 4.89. The van der Waals surface area contributed by atoms with E-state index >= 15 is 0 Å². The predicted octanol–water partition coefficient (Wildman–Crippen LogP) is 1.09. The van der Waals surface area contributed by atoms with Gasteiger partial charge in [-0.15, -0.1) is 0 Å². The molecule has 2 N–H and O–H groups in total. The van der Waals surface area contributed by atoms with E-state index in [9.17, 15) is 17.6 Å². The Labute approximate surface area is 142 Å². The molecule has 2 aromatic rings. The number of benzene rings is 1. The van der Waals surface area contributed by atoms with Crippen LogP contribution in [0.4, 0.5) is 4.39 Å². The fourth-order valence-corrected chi connectivity index (χ4v) is 3.14. The van der Waals surface area contributed by atoms with E-state index in [1.54, 1.807) is 6.07 Å². The van der Waals surface area contributed by atoms with Gasteiger partial charge >= 0.3 is 0 Å². The minimum absolute atomic E-state index is 0.153. The fourth-order valence-electron chi connectivity index (χ4n) is 1.82. The Kier molecular flexibility index (Phi) is 5.71. The molecular weight excluding hydrogens is 355 g/mol. The fraction of sp³-hybridized carbons (Fsp3) is 0.214. The van der Waals surface area contributed by atoms with Crippen LogP contribution in [0.2, 0.25) is 0 Å². The van der Waals surface area contributed by atoms with E-state index in [0.717, 1.165) is 18.0 Å². The topological polar surface area (TPSA) is 116 Å². The number of nitrogens with zero attached hydrogens (tertiary/aromatic N) is 2. The van der Waals surface area contributed by atoms with Crippen molar-refractivity contribution >= 4 is 21.8 Å². The van der Waals surface area contributed by atoms with Crippen molar-refractivity contribution in [3.8, 4) is 17.3 Å². The number of hydrogen-bond donors (Lipinski definition) is 2. The van der Waals surface area contributed by atoms with Crippen LogP contribution in [0.3, 0.4) is 0 Å². The highest BCUT2D eigenvalue weighted by molar-refractivity contribution is 7.99. The van der Waals surface area contributed by atoms with Crippen molar-refractivity contribution < 1.29 is 12.8 Å². The van der Waals surface area contributed by atoms with Gasteiger partial charge in [-0.25, -0.2) is 22.5 Å². The van der Waals surface area contributed by atoms with Gasteiger partial charge in [0.05, 0.1) is 11.9 Å². The van der Waals surface area contributed by atoms with Crippen LogP contribution in [0, 0.1) is 17.1 Å². The molecular formula is C14H13FN4O3S2. The van der Waals surface area contributed by atoms with Crippen molar-refractivity contribution in [2.45, 2.75) is 5.16 Å². The molecule has 0 aliphatic heterocycles. The lowest BCUT2D eigenvalue weighted by atomic mass is 10.1. The summed E-state index contributed by atoms with van der Waals surface area (Å²) in [5, 5.41) is 9.39. The van der Waals surface area contributed by atoms with E-state index in [-0.39, 0.29) is 23.0 Å². The van der Waals surface area contributed by atoms with Gasteiger partial charge in [-0.1, -0.05) is 11.8 Å². The second-order valence-electron chi connectivity index (χ2n) is 4.73. The molecule has 0 bridgehead atoms. The molecule has 1 heterocycles. The van der Waals surface area contributed by atoms with Gasteiger partial charge in [-0.05, 0) is 24.3 Å². The first kappa shape index (κ1) is 18.1. The normalized spacial score (nSPS) is 11.2. The van der Waals surface area contributed by atoms with Crippen molar-refractivity contribution in [3.05, 3.63) is 46.0 Å². The van der Waals surface area contributed by atoms with E-state index in [1.807, 2.05) is 0 Å². The lowest BCUT2D eigenvalue weighted by Crippen LogP contribution is -2.24. The zero-order valence-corrected chi connectivity index (χ0v) is 14.2. The molecule has 0 fully saturated rings. The molecule has 24 heavy (non-hydrogen) atoms. The molecule has 0 spiro atoms. The summed E-state index contributed by atoms with van der Waals surface area (Å²) in [5.74, 6) is -0.103. The molecule has 10 heteroatoms. The van der Waals surface area contributed by atoms with Crippen molar-refractivity contribution in [1.29, 1.82) is 5.26 Å². The second kappa shape index (κ2) is 7.57. The van der Waals surface area contributed by atoms with Crippen molar-refractivity contribution in [3.63, 3.8) is 0 Å². The highest BCUT2D eigenvalue weighted by atomic mass is 32.2. The van der Waals surface area contributed by atoms with E-state index in [4.69, 9.17) is 5.26 Å². The Morgan fingerprint density at radius 2 is 2.04 bits per heavy atom. The molecule has 0 saturated heterocycles. The van der Waals surface area contributed by atoms with Gasteiger partial charge in [0, 0.05) is 17.9 Å². The van der Waals surface area contributed by atoms with E-state index in [0.29, 0.717) is 11.3 Å². The number of rotatable bonds is 6. The average Bonchev–Trinajstić information content (AvgIpc) is 2.51. The number of H-pyrrole nitrogens is 1. The Morgan fingerprint density at radius 1 is 1.38 bits per heavy atom. The molecule has 7 nitrogen and oxygen atoms in total. The van der Waals surface area contributed by atoms with Crippen LogP contribution in [0.5, 0.6) is 0 Å². The number of thioether (sulfide) groups is 1. The Morgan fingerprint density at radius 3 is 2.62 bits per heavy atom. The molecule has 0 aliphatic carbocycles. The number of sulfonamides is 1. The minimum Gasteiger partial charge on any atom is -0.300 e. The predicted molar refractivity (Wildman–Crippen MR) is 88.5 cm³/mol. The van der Waals surface area contributed by atoms with Gasteiger partial charge in [0.1, 0.15) is 17.4 Å². The highest BCUT2D eigenvalue weighted by Crippen LogP contribution is 2.22. The number of aromatic nitrogens is 2. The Bertz CT molecular complexity index is 934. The average molecular weight is 368 g/mol. The third-order valence-corrected chi connectivity index (χ3v) is 4.44. The van der Waals surface area contributed by atoms with Crippen LogP contribution in [-0.4, -0.2) is 36.9 Å². The summed E-state index contributed by atoms with van der Waals surface area (Å²) in [4.78, 5) is 18.7. The van der Waals surface area contributed by atoms with E-state index in [2.05, 4.69) is 14.7 Å². The van der Waals surface area contributed by atoms with Crippen molar-refractivity contribution in [2.24, 2.45) is 0 Å². The summed E-state index contributed by atoms with van der Waals surface area (Å²) in [6.45, 7) is 0.166. The van der Waals surface area contributed by atoms with Crippen molar-refractivity contribution in [1.82, 2.24) is 14.7 Å². The van der Waals surface area contributed by atoms with Crippen LogP contribution >= 0.6 is 11.8 Å². The molecule has 1 aromatic carbocycles. The van der Waals surface area contributed by atoms with Crippen LogP contribution in [0.15, 0.2) is 34.2 Å². The number of nitrogens with one attached hydrogen (secondary N) is 2. The molecule has 0 atom stereocenters. The zero-order valence-electron chi connectivity index (χ0n) is 12.5. The monoisotopic (exact) mass is 368 g/mol. The first-order valence-electron chi connectivity index (χ1n) is 6.68. The smallest absolute Gasteiger partial charge is 0.270 e. The largest absolute Gasteiger partial charge is 0.300 e. The molecule has 0 unspecified atom stereocenters. The maximum Gasteiger partial charge on any atom is 0.270 e. The van der Waals surface area contributed by atoms with Crippen LogP contribution in [0.25, 0.3) is 11.3 Å². The lowest BCUT2D eigenvalue weighted by molar-refractivity contribution is 0.590. The maximum atomic E-state index is 13.0. The first-order valence-corrected chi connectivity index (χ1v) is 9.55. The molecule has 0 amide bonds. The summed E-state index contributed by atoms with van der Waals surface area (Å²) in [6.07, 6.45) is 1.05. The molecule has 0 saturated carbocycles.